The number of hydrogen-bond donors (Lipinski definition) is 2. The van der Waals surface area contributed by atoms with Gasteiger partial charge in [0.1, 0.15) is 5.69 Å². The summed E-state index contributed by atoms with van der Waals surface area (Å²) in [7, 11) is -0.855. The number of anilines is 1. The number of nitrogens with one attached hydrogen (secondary N) is 2. The van der Waals surface area contributed by atoms with Crippen LogP contribution in [0.1, 0.15) is 11.1 Å². The van der Waals surface area contributed by atoms with Crippen molar-refractivity contribution in [3.63, 3.8) is 0 Å². The molecular formula is C23H22ClN5O2S. The fourth-order valence-electron chi connectivity index (χ4n) is 3.46. The summed E-state index contributed by atoms with van der Waals surface area (Å²) in [4.78, 5) is 14.3. The molecule has 2 N–H and O–H groups in total. The average molecular weight is 468 g/mol. The molecule has 0 aliphatic carbocycles. The van der Waals surface area contributed by atoms with E-state index in [0.29, 0.717) is 46.4 Å². The van der Waals surface area contributed by atoms with Crippen molar-refractivity contribution in [1.82, 2.24) is 15.1 Å². The predicted molar refractivity (Wildman–Crippen MR) is 128 cm³/mol. The summed E-state index contributed by atoms with van der Waals surface area (Å²) in [5.41, 5.74) is 2.51. The van der Waals surface area contributed by atoms with E-state index in [1.54, 1.807) is 4.90 Å². The normalized spacial score (nSPS) is 14.2. The monoisotopic (exact) mass is 467 g/mol. The molecule has 164 valence electrons. The summed E-state index contributed by atoms with van der Waals surface area (Å²) < 4.78 is 11.6. The van der Waals surface area contributed by atoms with E-state index in [1.807, 2.05) is 60.7 Å². The lowest BCUT2D eigenvalue weighted by Gasteiger charge is -2.26. The number of amides is 1. The molecule has 0 spiro atoms. The first-order chi connectivity index (χ1) is 15.5. The van der Waals surface area contributed by atoms with E-state index < -0.39 is 10.8 Å². The van der Waals surface area contributed by atoms with Crippen LogP contribution in [0.4, 0.5) is 5.82 Å². The zero-order valence-corrected chi connectivity index (χ0v) is 18.8. The molecule has 0 atom stereocenters. The van der Waals surface area contributed by atoms with Crippen molar-refractivity contribution >= 4 is 39.8 Å². The topological polar surface area (TPSA) is 99.0 Å². The number of carbonyl (C=O) groups is 1. The Bertz CT molecular complexity index is 1150. The van der Waals surface area contributed by atoms with Crippen molar-refractivity contribution < 1.29 is 9.00 Å². The van der Waals surface area contributed by atoms with Crippen LogP contribution in [0.2, 0.25) is 5.02 Å². The molecule has 1 aromatic heterocycles. The first-order valence-corrected chi connectivity index (χ1v) is 12.0. The lowest BCUT2D eigenvalue weighted by atomic mass is 10.0. The van der Waals surface area contributed by atoms with Gasteiger partial charge in [0.2, 0.25) is 5.91 Å². The van der Waals surface area contributed by atoms with Gasteiger partial charge in [-0.2, -0.15) is 0 Å². The lowest BCUT2D eigenvalue weighted by Crippen LogP contribution is -2.44. The molecule has 0 unspecified atom stereocenters. The van der Waals surface area contributed by atoms with Crippen LogP contribution in [-0.2, 0) is 15.6 Å². The molecule has 32 heavy (non-hydrogen) atoms. The van der Waals surface area contributed by atoms with Gasteiger partial charge in [0.05, 0.1) is 22.8 Å². The van der Waals surface area contributed by atoms with E-state index in [2.05, 4.69) is 15.5 Å². The van der Waals surface area contributed by atoms with Crippen LogP contribution in [-0.4, -0.2) is 62.1 Å². The molecule has 3 aromatic rings. The summed E-state index contributed by atoms with van der Waals surface area (Å²) in [5, 5.41) is 20.7. The van der Waals surface area contributed by atoms with E-state index in [-0.39, 0.29) is 24.0 Å². The van der Waals surface area contributed by atoms with Crippen LogP contribution in [0.25, 0.3) is 11.3 Å². The third-order valence-corrected chi connectivity index (χ3v) is 6.86. The summed E-state index contributed by atoms with van der Waals surface area (Å²) in [6.45, 7) is 0.926. The van der Waals surface area contributed by atoms with E-state index in [1.165, 1.54) is 0 Å². The molecule has 0 bridgehead atoms. The second kappa shape index (κ2) is 10.0. The fourth-order valence-corrected chi connectivity index (χ4v) is 4.84. The molecule has 1 fully saturated rings. The molecule has 2 heterocycles. The quantitative estimate of drug-likeness (QED) is 0.542. The number of nitrogens with zero attached hydrogens (tertiary/aromatic N) is 3. The van der Waals surface area contributed by atoms with Gasteiger partial charge in [0.25, 0.3) is 0 Å². The van der Waals surface area contributed by atoms with E-state index >= 15 is 0 Å². The molecule has 2 aromatic carbocycles. The molecule has 9 heteroatoms. The Hall–Kier alpha value is -3.10. The molecule has 0 saturated carbocycles. The molecule has 4 rings (SSSR count). The standard InChI is InChI=1S/C23H22ClN5O2S/c24-20-19(21(25)16-7-3-1-4-8-16)23(28-27-22(20)17-9-5-2-6-10-17)26-15-18(30)29-11-13-32(31)14-12-29/h1-10,25H,11-15H2,(H,26,28). The van der Waals surface area contributed by atoms with Gasteiger partial charge in [-0.1, -0.05) is 72.3 Å². The minimum absolute atomic E-state index is 0.0165. The Balaban J connectivity index is 1.65. The maximum Gasteiger partial charge on any atom is 0.241 e. The van der Waals surface area contributed by atoms with Crippen LogP contribution in [0.5, 0.6) is 0 Å². The molecule has 1 saturated heterocycles. The third-order valence-electron chi connectivity index (χ3n) is 5.21. The van der Waals surface area contributed by atoms with Gasteiger partial charge >= 0.3 is 0 Å². The smallest absolute Gasteiger partial charge is 0.241 e. The summed E-state index contributed by atoms with van der Waals surface area (Å²) in [5.74, 6) is 1.14. The summed E-state index contributed by atoms with van der Waals surface area (Å²) >= 11 is 6.76. The largest absolute Gasteiger partial charge is 0.359 e. The van der Waals surface area contributed by atoms with Crippen LogP contribution < -0.4 is 5.32 Å². The SMILES string of the molecule is N=C(c1ccccc1)c1c(NCC(=O)N2CCS(=O)CC2)nnc(-c2ccccc2)c1Cl. The van der Waals surface area contributed by atoms with Crippen molar-refractivity contribution in [2.24, 2.45) is 0 Å². The first kappa shape index (κ1) is 22.1. The van der Waals surface area contributed by atoms with E-state index in [9.17, 15) is 9.00 Å². The number of halogens is 1. The molecule has 1 aliphatic heterocycles. The Morgan fingerprint density at radius 3 is 2.31 bits per heavy atom. The van der Waals surface area contributed by atoms with Crippen molar-refractivity contribution in [1.29, 1.82) is 5.41 Å². The van der Waals surface area contributed by atoms with Gasteiger partial charge in [0.15, 0.2) is 5.82 Å². The van der Waals surface area contributed by atoms with E-state index in [4.69, 9.17) is 17.0 Å². The molecule has 0 radical (unpaired) electrons. The number of hydrogen-bond acceptors (Lipinski definition) is 6. The van der Waals surface area contributed by atoms with Gasteiger partial charge in [0, 0.05) is 46.5 Å². The van der Waals surface area contributed by atoms with Crippen LogP contribution in [0, 0.1) is 5.41 Å². The highest BCUT2D eigenvalue weighted by Crippen LogP contribution is 2.33. The van der Waals surface area contributed by atoms with Crippen LogP contribution in [0.3, 0.4) is 0 Å². The molecule has 1 aliphatic rings. The van der Waals surface area contributed by atoms with Crippen molar-refractivity contribution in [3.8, 4) is 11.3 Å². The minimum atomic E-state index is -0.855. The predicted octanol–water partition coefficient (Wildman–Crippen LogP) is 3.22. The lowest BCUT2D eigenvalue weighted by molar-refractivity contribution is -0.128. The van der Waals surface area contributed by atoms with Crippen molar-refractivity contribution in [2.45, 2.75) is 0 Å². The summed E-state index contributed by atoms with van der Waals surface area (Å²) in [6, 6.07) is 18.6. The van der Waals surface area contributed by atoms with Crippen molar-refractivity contribution in [3.05, 3.63) is 76.8 Å². The molecule has 1 amide bonds. The summed E-state index contributed by atoms with van der Waals surface area (Å²) in [6.07, 6.45) is 0. The van der Waals surface area contributed by atoms with Gasteiger partial charge in [-0.15, -0.1) is 10.2 Å². The highest BCUT2D eigenvalue weighted by atomic mass is 35.5. The fraction of sp³-hybridized carbons (Fsp3) is 0.217. The van der Waals surface area contributed by atoms with E-state index in [0.717, 1.165) is 5.56 Å². The number of carbonyl (C=O) groups excluding carboxylic acids is 1. The van der Waals surface area contributed by atoms with Gasteiger partial charge in [-0.25, -0.2) is 0 Å². The Morgan fingerprint density at radius 2 is 1.66 bits per heavy atom. The third kappa shape index (κ3) is 4.87. The zero-order valence-electron chi connectivity index (χ0n) is 17.3. The van der Waals surface area contributed by atoms with Gasteiger partial charge in [-0.3, -0.25) is 14.4 Å². The second-order valence-electron chi connectivity index (χ2n) is 7.28. The highest BCUT2D eigenvalue weighted by molar-refractivity contribution is 7.85. The Kier molecular flexibility index (Phi) is 6.92. The zero-order chi connectivity index (χ0) is 22.5. The van der Waals surface area contributed by atoms with Crippen molar-refractivity contribution in [2.75, 3.05) is 36.5 Å². The second-order valence-corrected chi connectivity index (χ2v) is 9.35. The molecule has 7 nitrogen and oxygen atoms in total. The Morgan fingerprint density at radius 1 is 1.03 bits per heavy atom. The van der Waals surface area contributed by atoms with Gasteiger partial charge in [-0.05, 0) is 0 Å². The maximum absolute atomic E-state index is 12.6. The maximum atomic E-state index is 12.6. The van der Waals surface area contributed by atoms with Crippen LogP contribution >= 0.6 is 11.6 Å². The molecular weight excluding hydrogens is 446 g/mol. The number of aromatic nitrogens is 2. The number of rotatable bonds is 6. The van der Waals surface area contributed by atoms with Gasteiger partial charge < -0.3 is 10.2 Å². The highest BCUT2D eigenvalue weighted by Gasteiger charge is 2.23. The first-order valence-electron chi connectivity index (χ1n) is 10.2. The average Bonchev–Trinajstić information content (AvgIpc) is 2.83. The Labute approximate surface area is 193 Å². The number of benzene rings is 2. The van der Waals surface area contributed by atoms with Crippen LogP contribution in [0.15, 0.2) is 60.7 Å². The minimum Gasteiger partial charge on any atom is -0.359 e.